The van der Waals surface area contributed by atoms with Crippen LogP contribution in [-0.4, -0.2) is 23.7 Å². The molecule has 0 aliphatic carbocycles. The van der Waals surface area contributed by atoms with Crippen molar-refractivity contribution in [3.05, 3.63) is 29.3 Å². The molecule has 0 aromatic heterocycles. The number of carboxylic acids is 1. The number of carbonyl (C=O) groups is 2. The first kappa shape index (κ1) is 16.0. The maximum atomic E-state index is 11.7. The van der Waals surface area contributed by atoms with Gasteiger partial charge in [0.25, 0.3) is 0 Å². The van der Waals surface area contributed by atoms with Crippen molar-refractivity contribution in [3.8, 4) is 0 Å². The molecule has 1 rings (SSSR count). The Hall–Kier alpha value is -2.04. The molecule has 0 saturated carbocycles. The normalized spacial score (nSPS) is 10.1. The highest BCUT2D eigenvalue weighted by Gasteiger charge is 2.11. The molecule has 0 unspecified atom stereocenters. The van der Waals surface area contributed by atoms with E-state index in [0.29, 0.717) is 17.8 Å². The molecule has 3 N–H and O–H groups in total. The summed E-state index contributed by atoms with van der Waals surface area (Å²) in [4.78, 5) is 22.7. The maximum Gasteiger partial charge on any atom is 0.336 e. The summed E-state index contributed by atoms with van der Waals surface area (Å²) in [7, 11) is 0. The molecule has 1 aromatic carbocycles. The van der Waals surface area contributed by atoms with E-state index in [0.717, 1.165) is 19.3 Å². The van der Waals surface area contributed by atoms with Gasteiger partial charge in [-0.25, -0.2) is 9.59 Å². The molecule has 0 spiro atoms. The Bertz CT molecular complexity index is 472. The lowest BCUT2D eigenvalue weighted by atomic mass is 10.1. The number of amides is 2. The molecule has 2 amide bonds. The topological polar surface area (TPSA) is 78.4 Å². The number of carboxylic acid groups (broad SMARTS) is 1. The Morgan fingerprint density at radius 1 is 1.20 bits per heavy atom. The molecule has 20 heavy (non-hydrogen) atoms. The van der Waals surface area contributed by atoms with Gasteiger partial charge >= 0.3 is 12.0 Å². The molecular formula is C15H22N2O3. The number of hydrogen-bond acceptors (Lipinski definition) is 2. The minimum Gasteiger partial charge on any atom is -0.478 e. The monoisotopic (exact) mass is 278 g/mol. The highest BCUT2D eigenvalue weighted by atomic mass is 16.4. The lowest BCUT2D eigenvalue weighted by molar-refractivity contribution is 0.0696. The minimum absolute atomic E-state index is 0.200. The zero-order chi connectivity index (χ0) is 15.0. The van der Waals surface area contributed by atoms with Gasteiger partial charge < -0.3 is 15.7 Å². The van der Waals surface area contributed by atoms with E-state index in [1.807, 2.05) is 0 Å². The molecule has 0 heterocycles. The second-order valence-electron chi connectivity index (χ2n) is 4.72. The predicted octanol–water partition coefficient (Wildman–Crippen LogP) is 3.40. The summed E-state index contributed by atoms with van der Waals surface area (Å²) < 4.78 is 0. The zero-order valence-corrected chi connectivity index (χ0v) is 12.0. The van der Waals surface area contributed by atoms with Crippen LogP contribution < -0.4 is 10.6 Å². The highest BCUT2D eigenvalue weighted by molar-refractivity contribution is 5.95. The first-order valence-corrected chi connectivity index (χ1v) is 6.94. The third-order valence-electron chi connectivity index (χ3n) is 3.13. The van der Waals surface area contributed by atoms with E-state index in [2.05, 4.69) is 17.6 Å². The summed E-state index contributed by atoms with van der Waals surface area (Å²) in [6.45, 7) is 4.45. The smallest absolute Gasteiger partial charge is 0.336 e. The van der Waals surface area contributed by atoms with Crippen molar-refractivity contribution in [2.45, 2.75) is 39.5 Å². The molecule has 0 atom stereocenters. The molecule has 1 aromatic rings. The Kier molecular flexibility index (Phi) is 6.56. The van der Waals surface area contributed by atoms with Crippen LogP contribution in [0.15, 0.2) is 18.2 Å². The Morgan fingerprint density at radius 3 is 2.60 bits per heavy atom. The van der Waals surface area contributed by atoms with E-state index in [1.54, 1.807) is 19.1 Å². The van der Waals surface area contributed by atoms with Crippen LogP contribution in [0.4, 0.5) is 10.5 Å². The number of anilines is 1. The van der Waals surface area contributed by atoms with Crippen LogP contribution in [0.2, 0.25) is 0 Å². The van der Waals surface area contributed by atoms with Crippen LogP contribution in [0.3, 0.4) is 0 Å². The molecule has 0 aliphatic heterocycles. The van der Waals surface area contributed by atoms with Gasteiger partial charge in [-0.2, -0.15) is 0 Å². The number of urea groups is 1. The van der Waals surface area contributed by atoms with Crippen molar-refractivity contribution in [1.29, 1.82) is 0 Å². The van der Waals surface area contributed by atoms with Crippen LogP contribution in [0, 0.1) is 6.92 Å². The number of rotatable bonds is 7. The minimum atomic E-state index is -0.994. The summed E-state index contributed by atoms with van der Waals surface area (Å²) in [5.41, 5.74) is 1.28. The van der Waals surface area contributed by atoms with Gasteiger partial charge in [-0.05, 0) is 31.0 Å². The van der Waals surface area contributed by atoms with Crippen molar-refractivity contribution in [1.82, 2.24) is 5.32 Å². The number of benzene rings is 1. The van der Waals surface area contributed by atoms with E-state index >= 15 is 0 Å². The van der Waals surface area contributed by atoms with Crippen molar-refractivity contribution >= 4 is 17.7 Å². The lowest BCUT2D eigenvalue weighted by Crippen LogP contribution is -2.29. The molecule has 5 nitrogen and oxygen atoms in total. The fraction of sp³-hybridized carbons (Fsp3) is 0.467. The maximum absolute atomic E-state index is 11.7. The van der Waals surface area contributed by atoms with Crippen LogP contribution in [0.1, 0.15) is 48.5 Å². The number of carbonyl (C=O) groups excluding carboxylic acids is 1. The molecule has 0 aliphatic rings. The molecular weight excluding hydrogens is 256 g/mol. The summed E-state index contributed by atoms with van der Waals surface area (Å²) in [5.74, 6) is -0.994. The summed E-state index contributed by atoms with van der Waals surface area (Å²) in [6, 6.07) is 4.53. The van der Waals surface area contributed by atoms with Gasteiger partial charge in [-0.15, -0.1) is 0 Å². The third-order valence-corrected chi connectivity index (χ3v) is 3.13. The number of aromatic carboxylic acids is 1. The molecule has 5 heteroatoms. The van der Waals surface area contributed by atoms with Crippen LogP contribution in [0.25, 0.3) is 0 Å². The van der Waals surface area contributed by atoms with Gasteiger partial charge in [-0.1, -0.05) is 32.3 Å². The van der Waals surface area contributed by atoms with E-state index in [-0.39, 0.29) is 11.6 Å². The van der Waals surface area contributed by atoms with E-state index in [9.17, 15) is 9.59 Å². The fourth-order valence-electron chi connectivity index (χ4n) is 1.92. The predicted molar refractivity (Wildman–Crippen MR) is 79.3 cm³/mol. The van der Waals surface area contributed by atoms with Gasteiger partial charge in [0.1, 0.15) is 0 Å². The van der Waals surface area contributed by atoms with Crippen LogP contribution >= 0.6 is 0 Å². The lowest BCUT2D eigenvalue weighted by Gasteiger charge is -2.11. The van der Waals surface area contributed by atoms with Crippen LogP contribution in [-0.2, 0) is 0 Å². The quantitative estimate of drug-likeness (QED) is 0.669. The molecule has 0 fully saturated rings. The third kappa shape index (κ3) is 4.91. The van der Waals surface area contributed by atoms with Gasteiger partial charge in [0.05, 0.1) is 5.56 Å². The van der Waals surface area contributed by atoms with E-state index in [4.69, 9.17) is 5.11 Å². The van der Waals surface area contributed by atoms with Crippen LogP contribution in [0.5, 0.6) is 0 Å². The largest absolute Gasteiger partial charge is 0.478 e. The van der Waals surface area contributed by atoms with Crippen molar-refractivity contribution < 1.29 is 14.7 Å². The number of hydrogen-bond donors (Lipinski definition) is 3. The average Bonchev–Trinajstić information content (AvgIpc) is 2.40. The average molecular weight is 278 g/mol. The SMILES string of the molecule is CCCCCCNC(=O)Nc1cccc(C(=O)O)c1C. The van der Waals surface area contributed by atoms with E-state index < -0.39 is 5.97 Å². The first-order chi connectivity index (χ1) is 9.56. The molecule has 110 valence electrons. The molecule has 0 radical (unpaired) electrons. The van der Waals surface area contributed by atoms with Gasteiger partial charge in [0.15, 0.2) is 0 Å². The summed E-state index contributed by atoms with van der Waals surface area (Å²) in [5, 5.41) is 14.5. The standard InChI is InChI=1S/C15H22N2O3/c1-3-4-5-6-10-16-15(20)17-13-9-7-8-12(11(13)2)14(18)19/h7-9H,3-6,10H2,1-2H3,(H,18,19)(H2,16,17,20). The second-order valence-corrected chi connectivity index (χ2v) is 4.72. The van der Waals surface area contributed by atoms with Gasteiger partial charge in [0, 0.05) is 12.2 Å². The Morgan fingerprint density at radius 2 is 1.95 bits per heavy atom. The van der Waals surface area contributed by atoms with Crippen molar-refractivity contribution in [2.75, 3.05) is 11.9 Å². The Labute approximate surface area is 119 Å². The Balaban J connectivity index is 2.50. The summed E-state index contributed by atoms with van der Waals surface area (Å²) >= 11 is 0. The fourth-order valence-corrected chi connectivity index (χ4v) is 1.92. The number of nitrogens with one attached hydrogen (secondary N) is 2. The second kappa shape index (κ2) is 8.19. The molecule has 0 saturated heterocycles. The first-order valence-electron chi connectivity index (χ1n) is 6.94. The van der Waals surface area contributed by atoms with Crippen molar-refractivity contribution in [2.24, 2.45) is 0 Å². The van der Waals surface area contributed by atoms with Crippen molar-refractivity contribution in [3.63, 3.8) is 0 Å². The van der Waals surface area contributed by atoms with Gasteiger partial charge in [-0.3, -0.25) is 0 Å². The zero-order valence-electron chi connectivity index (χ0n) is 12.0. The highest BCUT2D eigenvalue weighted by Crippen LogP contribution is 2.18. The number of unbranched alkanes of at least 4 members (excludes halogenated alkanes) is 3. The van der Waals surface area contributed by atoms with E-state index in [1.165, 1.54) is 12.5 Å². The molecule has 0 bridgehead atoms. The van der Waals surface area contributed by atoms with Gasteiger partial charge in [0.2, 0.25) is 0 Å². The summed E-state index contributed by atoms with van der Waals surface area (Å²) in [6.07, 6.45) is 4.39.